The molecule has 29 heteroatoms. The first-order valence-corrected chi connectivity index (χ1v) is 30.6. The minimum Gasteiger partial charge on any atom is -0.472 e. The number of nitrogens with zero attached hydrogens (tertiary/aromatic N) is 15. The number of halogens is 8. The zero-order valence-corrected chi connectivity index (χ0v) is 52.6. The first-order chi connectivity index (χ1) is 45.5. The minimum absolute atomic E-state index is 0.0263. The van der Waals surface area contributed by atoms with E-state index >= 15 is 0 Å². The molecule has 6 atom stereocenters. The summed E-state index contributed by atoms with van der Waals surface area (Å²) in [5, 5.41) is 8.81. The predicted molar refractivity (Wildman–Crippen MR) is 331 cm³/mol. The molecule has 0 unspecified atom stereocenters. The minimum atomic E-state index is -4.49. The fraction of sp³-hybridized carbons (Fsp3) is 0.333. The van der Waals surface area contributed by atoms with Gasteiger partial charge in [-0.25, -0.2) is 49.2 Å². The second-order valence-corrected chi connectivity index (χ2v) is 23.0. The quantitative estimate of drug-likeness (QED) is 0.103. The highest BCUT2D eigenvalue weighted by Crippen LogP contribution is 2.35. The Hall–Kier alpha value is -10.1. The number of amides is 3. The Kier molecular flexibility index (Phi) is 21.3. The number of rotatable bonds is 12. The van der Waals surface area contributed by atoms with Crippen molar-refractivity contribution < 1.29 is 59.3 Å². The zero-order chi connectivity index (χ0) is 67.6. The number of hydrogen-bond donors (Lipinski definition) is 0. The third-order valence-electron chi connectivity index (χ3n) is 16.1. The summed E-state index contributed by atoms with van der Waals surface area (Å²) >= 11 is 5.90. The highest BCUT2D eigenvalue weighted by atomic mass is 35.5. The van der Waals surface area contributed by atoms with Crippen LogP contribution < -0.4 is 14.2 Å². The maximum Gasteiger partial charge on any atom is 0.417 e. The van der Waals surface area contributed by atoms with Gasteiger partial charge >= 0.3 is 12.4 Å². The maximum absolute atomic E-state index is 14.8. The molecule has 0 bridgehead atoms. The smallest absolute Gasteiger partial charge is 0.417 e. The first kappa shape index (κ1) is 67.8. The lowest BCUT2D eigenvalue weighted by atomic mass is 9.97. The van der Waals surface area contributed by atoms with Crippen molar-refractivity contribution in [2.45, 2.75) is 122 Å². The Morgan fingerprint density at radius 3 is 1.46 bits per heavy atom. The van der Waals surface area contributed by atoms with Gasteiger partial charge in [-0.05, 0) is 133 Å². The van der Waals surface area contributed by atoms with Crippen LogP contribution in [-0.2, 0) is 12.4 Å². The molecule has 3 amide bonds. The third-order valence-corrected chi connectivity index (χ3v) is 16.3. The van der Waals surface area contributed by atoms with Gasteiger partial charge in [0.25, 0.3) is 17.7 Å². The molecule has 0 radical (unpaired) electrons. The van der Waals surface area contributed by atoms with Crippen LogP contribution in [0.15, 0.2) is 147 Å². The first-order valence-electron chi connectivity index (χ1n) is 30.3. The Bertz CT molecular complexity index is 4080. The number of alkyl halides is 6. The number of aryl methyl sites for hydroxylation is 2. The summed E-state index contributed by atoms with van der Waals surface area (Å²) in [5.74, 6) is 0.0487. The van der Waals surface area contributed by atoms with Gasteiger partial charge in [-0.2, -0.15) is 36.5 Å². The van der Waals surface area contributed by atoms with Gasteiger partial charge < -0.3 is 28.9 Å². The number of hydrogen-bond acceptors (Lipinski definition) is 17. The van der Waals surface area contributed by atoms with E-state index in [4.69, 9.17) is 25.8 Å². The van der Waals surface area contributed by atoms with E-state index in [-0.39, 0.29) is 64.4 Å². The number of ether oxygens (including phenoxy) is 3. The van der Waals surface area contributed by atoms with E-state index in [1.807, 2.05) is 31.7 Å². The molecule has 95 heavy (non-hydrogen) atoms. The second-order valence-electron chi connectivity index (χ2n) is 22.6. The summed E-state index contributed by atoms with van der Waals surface area (Å²) in [5.41, 5.74) is 1.26. The van der Waals surface area contributed by atoms with E-state index in [1.165, 1.54) is 40.3 Å². The van der Waals surface area contributed by atoms with Crippen LogP contribution in [-0.4, -0.2) is 148 Å². The maximum atomic E-state index is 14.8. The number of aromatic nitrogens is 12. The van der Waals surface area contributed by atoms with Crippen molar-refractivity contribution in [2.75, 3.05) is 19.6 Å². The van der Waals surface area contributed by atoms with Crippen molar-refractivity contribution in [2.24, 2.45) is 0 Å². The molecule has 3 aliphatic rings. The normalized spacial score (nSPS) is 18.9. The molecule has 12 rings (SSSR count). The number of carbonyl (C=O) groups is 3. The second kappa shape index (κ2) is 29.9. The number of likely N-dealkylation sites (tertiary alicyclic amines) is 3. The summed E-state index contributed by atoms with van der Waals surface area (Å²) in [4.78, 5) is 84.1. The summed E-state index contributed by atoms with van der Waals surface area (Å²) in [6.07, 6.45) is 8.10. The van der Waals surface area contributed by atoms with Crippen molar-refractivity contribution in [1.82, 2.24) is 74.5 Å². The number of piperidine rings is 3. The number of carbonyl (C=O) groups excluding carboxylic acids is 3. The van der Waals surface area contributed by atoms with Gasteiger partial charge in [0.05, 0.1) is 63.4 Å². The van der Waals surface area contributed by atoms with Crippen LogP contribution >= 0.6 is 11.6 Å². The van der Waals surface area contributed by atoms with E-state index in [9.17, 15) is 45.1 Å². The summed E-state index contributed by atoms with van der Waals surface area (Å²) in [6, 6.07) is 19.7. The van der Waals surface area contributed by atoms with Crippen molar-refractivity contribution >= 4 is 29.3 Å². The van der Waals surface area contributed by atoms with Gasteiger partial charge in [-0.15, -0.1) is 4.80 Å². The van der Waals surface area contributed by atoms with Gasteiger partial charge in [0.2, 0.25) is 17.6 Å². The average molecular weight is 1330 g/mol. The zero-order valence-electron chi connectivity index (χ0n) is 51.9. The largest absolute Gasteiger partial charge is 0.472 e. The van der Waals surface area contributed by atoms with Crippen molar-refractivity contribution in [3.8, 4) is 46.2 Å². The molecule has 21 nitrogen and oxygen atoms in total. The van der Waals surface area contributed by atoms with E-state index in [1.54, 1.807) is 98.4 Å². The molecule has 0 saturated carbocycles. The topological polar surface area (TPSA) is 235 Å². The molecule has 9 aromatic rings. The van der Waals surface area contributed by atoms with Crippen LogP contribution in [0.3, 0.4) is 0 Å². The molecule has 1 aromatic carbocycles. The molecule has 3 fully saturated rings. The van der Waals surface area contributed by atoms with E-state index in [2.05, 4.69) is 55.1 Å². The lowest BCUT2D eigenvalue weighted by Crippen LogP contribution is -2.51. The van der Waals surface area contributed by atoms with Crippen LogP contribution in [0.4, 0.5) is 30.7 Å². The van der Waals surface area contributed by atoms with Gasteiger partial charge in [0.15, 0.2) is 17.5 Å². The molecule has 494 valence electrons. The molecule has 0 aliphatic carbocycles. The monoisotopic (exact) mass is 1330 g/mol. The van der Waals surface area contributed by atoms with Crippen LogP contribution in [0.25, 0.3) is 28.6 Å². The van der Waals surface area contributed by atoms with Gasteiger partial charge in [0, 0.05) is 98.7 Å². The molecular formula is C66H63ClF7N15O6. The van der Waals surface area contributed by atoms with Crippen LogP contribution in [0.2, 0.25) is 5.02 Å². The molecule has 8 aromatic heterocycles. The summed E-state index contributed by atoms with van der Waals surface area (Å²) < 4.78 is 109. The Morgan fingerprint density at radius 1 is 0.516 bits per heavy atom. The molecule has 0 spiro atoms. The van der Waals surface area contributed by atoms with E-state index < -0.39 is 53.5 Å². The average Bonchev–Trinajstić information content (AvgIpc) is 1.46. The third kappa shape index (κ3) is 16.5. The SMILES string of the molecule is C[C@H]1[C@H](Oc2ccc(C(F)(F)F)cn2)CCCN1C(=O)c1c(F)cccc1-c1ncccn1.Cc1ccc(-c2ncccn2)c(C(=O)N2CCC[C@@H](Oc3ccc(C(F)(F)F)cn3)[C@@H]2C)n1.Cc1cnc(-n2nccn2)c(C(=O)N2CCC[C@@H](Oc3ccc(Cl)cn3)[C@@H]2C)c1. The fourth-order valence-corrected chi connectivity index (χ4v) is 11.2. The van der Waals surface area contributed by atoms with Crippen molar-refractivity contribution in [3.63, 3.8) is 0 Å². The fourth-order valence-electron chi connectivity index (χ4n) is 11.1. The molecule has 3 saturated heterocycles. The van der Waals surface area contributed by atoms with E-state index in [0.29, 0.717) is 90.9 Å². The number of pyridine rings is 5. The van der Waals surface area contributed by atoms with Crippen molar-refractivity contribution in [1.29, 1.82) is 0 Å². The molecule has 0 N–H and O–H groups in total. The standard InChI is InChI=1S/C23H20F4N4O2.C23H22F3N5O2.C20H21ClN6O2/c1-14-18(33-19-9-8-15(13-30-19)23(25,26)27)7-3-12-31(14)22(32)20-16(5-2-6-17(20)24)21-28-10-4-11-29-21;1-14-6-8-17(21-27-10-4-11-28-21)20(30-14)22(32)31-12-3-5-18(15(31)2)33-19-9-7-16(13-29-19)23(24,25)26;1-13-10-16(19(23-11-13)27-24-7-8-25-27)20(28)26-9-3-4-17(14(26)2)29-18-6-5-15(21)12-22-18/h2,4-6,8-11,13-14,18H,3,7,12H2,1H3;4,6-11,13,15,18H,3,5,12H2,1-2H3;5-8,10-12,14,17H,3-4,9H2,1-2H3/t14-,18+;15-,18+;14-,17+/m000/s1. The van der Waals surface area contributed by atoms with Gasteiger partial charge in [-0.3, -0.25) is 14.4 Å². The number of benzene rings is 1. The Labute approximate surface area is 545 Å². The van der Waals surface area contributed by atoms with Crippen LogP contribution in [0.1, 0.15) is 113 Å². The summed E-state index contributed by atoms with van der Waals surface area (Å²) in [7, 11) is 0. The highest BCUT2D eigenvalue weighted by Gasteiger charge is 2.39. The molecule has 3 aliphatic heterocycles. The molecular weight excluding hydrogens is 1270 g/mol. The summed E-state index contributed by atoms with van der Waals surface area (Å²) in [6.45, 7) is 10.8. The van der Waals surface area contributed by atoms with Gasteiger partial charge in [-0.1, -0.05) is 23.7 Å². The van der Waals surface area contributed by atoms with Gasteiger partial charge in [0.1, 0.15) is 29.8 Å². The van der Waals surface area contributed by atoms with Crippen molar-refractivity contribution in [3.05, 3.63) is 197 Å². The lowest BCUT2D eigenvalue weighted by Gasteiger charge is -2.39. The van der Waals surface area contributed by atoms with Crippen LogP contribution in [0, 0.1) is 19.7 Å². The predicted octanol–water partition coefficient (Wildman–Crippen LogP) is 12.2. The Morgan fingerprint density at radius 2 is 0.989 bits per heavy atom. The van der Waals surface area contributed by atoms with Crippen LogP contribution in [0.5, 0.6) is 17.6 Å². The molecule has 11 heterocycles. The Balaban J connectivity index is 0.000000156. The van der Waals surface area contributed by atoms with E-state index in [0.717, 1.165) is 42.8 Å². The highest BCUT2D eigenvalue weighted by molar-refractivity contribution is 6.30. The lowest BCUT2D eigenvalue weighted by molar-refractivity contribution is -0.138.